The maximum absolute atomic E-state index is 10.8. The summed E-state index contributed by atoms with van der Waals surface area (Å²) in [6.45, 7) is 3.11. The van der Waals surface area contributed by atoms with Crippen LogP contribution in [0.1, 0.15) is 32.2 Å². The fraction of sp³-hybridized carbons (Fsp3) is 0.267. The van der Waals surface area contributed by atoms with Gasteiger partial charge in [0, 0.05) is 25.8 Å². The number of hydrogen-bond acceptors (Lipinski definition) is 4. The summed E-state index contributed by atoms with van der Waals surface area (Å²) >= 11 is 0. The van der Waals surface area contributed by atoms with Crippen molar-refractivity contribution in [2.75, 3.05) is 6.54 Å². The van der Waals surface area contributed by atoms with Gasteiger partial charge in [-0.1, -0.05) is 12.1 Å². The van der Waals surface area contributed by atoms with Gasteiger partial charge in [0.25, 0.3) is 0 Å². The number of rotatable bonds is 4. The number of hydrogen-bond donors (Lipinski definition) is 1. The Balaban J connectivity index is 1.69. The van der Waals surface area contributed by atoms with Crippen molar-refractivity contribution in [2.45, 2.75) is 19.6 Å². The second-order valence-electron chi connectivity index (χ2n) is 5.11. The van der Waals surface area contributed by atoms with Crippen molar-refractivity contribution < 1.29 is 14.7 Å². The Kier molecular flexibility index (Phi) is 3.53. The molecule has 0 aliphatic carbocycles. The first-order chi connectivity index (χ1) is 10.2. The molecule has 0 unspecified atom stereocenters. The van der Waals surface area contributed by atoms with Gasteiger partial charge in [0.15, 0.2) is 6.29 Å². The van der Waals surface area contributed by atoms with Crippen molar-refractivity contribution in [1.29, 1.82) is 0 Å². The van der Waals surface area contributed by atoms with Crippen molar-refractivity contribution >= 4 is 12.3 Å². The average Bonchev–Trinajstić information content (AvgIpc) is 2.90. The third kappa shape index (κ3) is 2.85. The standard InChI is InChI=1S/C15H15N3O3/c19-10-13-8-18-6-5-17(9-14(18)16-13)7-11-1-3-12(4-2-11)15(20)21/h1-4,8,10H,5-7,9H2,(H,20,21). The Morgan fingerprint density at radius 3 is 2.71 bits per heavy atom. The van der Waals surface area contributed by atoms with Crippen LogP contribution in [0, 0.1) is 0 Å². The maximum Gasteiger partial charge on any atom is 0.335 e. The quantitative estimate of drug-likeness (QED) is 0.860. The van der Waals surface area contributed by atoms with E-state index >= 15 is 0 Å². The molecule has 6 nitrogen and oxygen atoms in total. The van der Waals surface area contributed by atoms with E-state index in [9.17, 15) is 9.59 Å². The molecule has 2 heterocycles. The smallest absolute Gasteiger partial charge is 0.335 e. The van der Waals surface area contributed by atoms with E-state index in [-0.39, 0.29) is 0 Å². The highest BCUT2D eigenvalue weighted by molar-refractivity contribution is 5.87. The van der Waals surface area contributed by atoms with Crippen molar-refractivity contribution in [3.8, 4) is 0 Å². The molecule has 0 radical (unpaired) electrons. The SMILES string of the molecule is O=Cc1cn2c(n1)CN(Cc1ccc(C(=O)O)cc1)CC2. The lowest BCUT2D eigenvalue weighted by molar-refractivity contribution is 0.0696. The van der Waals surface area contributed by atoms with Gasteiger partial charge in [-0.05, 0) is 17.7 Å². The minimum Gasteiger partial charge on any atom is -0.478 e. The van der Waals surface area contributed by atoms with E-state index in [2.05, 4.69) is 9.88 Å². The van der Waals surface area contributed by atoms with E-state index in [0.717, 1.165) is 37.3 Å². The van der Waals surface area contributed by atoms with E-state index in [1.807, 2.05) is 16.7 Å². The molecule has 0 saturated carbocycles. The van der Waals surface area contributed by atoms with Gasteiger partial charge in [0.1, 0.15) is 11.5 Å². The molecule has 3 rings (SSSR count). The number of carboxylic acids is 1. The van der Waals surface area contributed by atoms with Gasteiger partial charge in [-0.15, -0.1) is 0 Å². The number of aromatic carboxylic acids is 1. The Hall–Kier alpha value is -2.47. The molecule has 1 aromatic carbocycles. The lowest BCUT2D eigenvalue weighted by Gasteiger charge is -2.27. The monoisotopic (exact) mass is 285 g/mol. The highest BCUT2D eigenvalue weighted by atomic mass is 16.4. The lowest BCUT2D eigenvalue weighted by atomic mass is 10.1. The molecule has 0 saturated heterocycles. The first kappa shape index (κ1) is 13.5. The molecule has 6 heteroatoms. The van der Waals surface area contributed by atoms with E-state index < -0.39 is 5.97 Å². The van der Waals surface area contributed by atoms with Gasteiger partial charge in [-0.25, -0.2) is 9.78 Å². The van der Waals surface area contributed by atoms with E-state index in [0.29, 0.717) is 17.8 Å². The molecule has 0 atom stereocenters. The lowest BCUT2D eigenvalue weighted by Crippen LogP contribution is -2.33. The number of aromatic nitrogens is 2. The number of carboxylic acid groups (broad SMARTS) is 1. The Morgan fingerprint density at radius 1 is 1.29 bits per heavy atom. The zero-order chi connectivity index (χ0) is 14.8. The fourth-order valence-corrected chi connectivity index (χ4v) is 2.53. The van der Waals surface area contributed by atoms with Crippen LogP contribution in [0.3, 0.4) is 0 Å². The largest absolute Gasteiger partial charge is 0.478 e. The zero-order valence-electron chi connectivity index (χ0n) is 11.4. The molecule has 108 valence electrons. The fourth-order valence-electron chi connectivity index (χ4n) is 2.53. The average molecular weight is 285 g/mol. The van der Waals surface area contributed by atoms with Crippen LogP contribution in [-0.2, 0) is 19.6 Å². The van der Waals surface area contributed by atoms with Crippen molar-refractivity contribution in [3.63, 3.8) is 0 Å². The molecular weight excluding hydrogens is 270 g/mol. The molecule has 1 N–H and O–H groups in total. The summed E-state index contributed by atoms with van der Waals surface area (Å²) < 4.78 is 2.01. The van der Waals surface area contributed by atoms with Gasteiger partial charge < -0.3 is 9.67 Å². The van der Waals surface area contributed by atoms with Crippen LogP contribution in [0.4, 0.5) is 0 Å². The molecule has 1 aliphatic heterocycles. The van der Waals surface area contributed by atoms with Crippen molar-refractivity contribution in [1.82, 2.24) is 14.5 Å². The molecule has 21 heavy (non-hydrogen) atoms. The van der Waals surface area contributed by atoms with E-state index in [1.54, 1.807) is 18.3 Å². The molecule has 0 spiro atoms. The van der Waals surface area contributed by atoms with Crippen LogP contribution in [0.15, 0.2) is 30.5 Å². The molecule has 2 aromatic rings. The summed E-state index contributed by atoms with van der Waals surface area (Å²) in [4.78, 5) is 28.1. The van der Waals surface area contributed by atoms with Crippen LogP contribution in [0.5, 0.6) is 0 Å². The number of carbonyl (C=O) groups is 2. The van der Waals surface area contributed by atoms with Crippen LogP contribution in [0.2, 0.25) is 0 Å². The summed E-state index contributed by atoms with van der Waals surface area (Å²) in [6, 6.07) is 6.91. The summed E-state index contributed by atoms with van der Waals surface area (Å²) in [7, 11) is 0. The third-order valence-corrected chi connectivity index (χ3v) is 3.63. The Bertz CT molecular complexity index is 676. The Morgan fingerprint density at radius 2 is 2.05 bits per heavy atom. The van der Waals surface area contributed by atoms with Gasteiger partial charge in [-0.3, -0.25) is 9.69 Å². The maximum atomic E-state index is 10.8. The number of nitrogens with zero attached hydrogens (tertiary/aromatic N) is 3. The van der Waals surface area contributed by atoms with Crippen molar-refractivity contribution in [3.05, 3.63) is 53.1 Å². The summed E-state index contributed by atoms with van der Waals surface area (Å²) in [5.41, 5.74) is 1.83. The molecule has 1 aliphatic rings. The first-order valence-electron chi connectivity index (χ1n) is 6.71. The summed E-state index contributed by atoms with van der Waals surface area (Å²) in [5.74, 6) is -0.0200. The molecule has 0 bridgehead atoms. The topological polar surface area (TPSA) is 75.4 Å². The van der Waals surface area contributed by atoms with Gasteiger partial charge in [-0.2, -0.15) is 0 Å². The number of imidazole rings is 1. The molecule has 0 amide bonds. The minimum absolute atomic E-state index is 0.295. The normalized spacial score (nSPS) is 14.7. The minimum atomic E-state index is -0.914. The highest BCUT2D eigenvalue weighted by Gasteiger charge is 2.18. The van der Waals surface area contributed by atoms with Crippen LogP contribution >= 0.6 is 0 Å². The third-order valence-electron chi connectivity index (χ3n) is 3.63. The van der Waals surface area contributed by atoms with Gasteiger partial charge in [0.2, 0.25) is 0 Å². The Labute approximate surface area is 121 Å². The van der Waals surface area contributed by atoms with Crippen LogP contribution < -0.4 is 0 Å². The predicted molar refractivity (Wildman–Crippen MR) is 75.1 cm³/mol. The molecular formula is C15H15N3O3. The van der Waals surface area contributed by atoms with E-state index in [4.69, 9.17) is 5.11 Å². The van der Waals surface area contributed by atoms with Gasteiger partial charge in [0.05, 0.1) is 12.1 Å². The second kappa shape index (κ2) is 5.49. The number of fused-ring (bicyclic) bond motifs is 1. The van der Waals surface area contributed by atoms with E-state index in [1.165, 1.54) is 0 Å². The predicted octanol–water partition coefficient (Wildman–Crippen LogP) is 1.41. The molecule has 1 aromatic heterocycles. The number of aldehydes is 1. The van der Waals surface area contributed by atoms with Crippen LogP contribution in [0.25, 0.3) is 0 Å². The number of carbonyl (C=O) groups excluding carboxylic acids is 1. The second-order valence-corrected chi connectivity index (χ2v) is 5.11. The summed E-state index contributed by atoms with van der Waals surface area (Å²) in [6.07, 6.45) is 2.54. The van der Waals surface area contributed by atoms with Crippen LogP contribution in [-0.4, -0.2) is 38.4 Å². The van der Waals surface area contributed by atoms with Gasteiger partial charge >= 0.3 is 5.97 Å². The first-order valence-corrected chi connectivity index (χ1v) is 6.71. The summed E-state index contributed by atoms with van der Waals surface area (Å²) in [5, 5.41) is 8.88. The zero-order valence-corrected chi connectivity index (χ0v) is 11.4. The number of benzene rings is 1. The van der Waals surface area contributed by atoms with Crippen molar-refractivity contribution in [2.24, 2.45) is 0 Å². The molecule has 0 fully saturated rings. The highest BCUT2D eigenvalue weighted by Crippen LogP contribution is 2.15.